The Morgan fingerprint density at radius 3 is 2.63 bits per heavy atom. The minimum Gasteiger partial charge on any atom is -0.481 e. The van der Waals surface area contributed by atoms with Crippen LogP contribution in [0.4, 0.5) is 0 Å². The number of aliphatic carboxylic acids is 1. The van der Waals surface area contributed by atoms with Crippen LogP contribution in [0.1, 0.15) is 29.7 Å². The molecular formula is C19H19ClN2O4S. The number of carboxylic acids is 1. The molecule has 8 heteroatoms. The first-order valence-electron chi connectivity index (χ1n) is 8.41. The molecule has 2 aromatic heterocycles. The molecule has 2 heterocycles. The predicted molar refractivity (Wildman–Crippen MR) is 104 cm³/mol. The van der Waals surface area contributed by atoms with Crippen molar-refractivity contribution in [3.8, 4) is 0 Å². The van der Waals surface area contributed by atoms with Crippen molar-refractivity contribution in [2.45, 2.75) is 38.0 Å². The predicted octanol–water partition coefficient (Wildman–Crippen LogP) is 3.95. The third-order valence-corrected chi connectivity index (χ3v) is 6.45. The first-order valence-corrected chi connectivity index (χ1v) is 10.2. The second-order valence-electron chi connectivity index (χ2n) is 6.46. The van der Waals surface area contributed by atoms with Crippen LogP contribution in [0.5, 0.6) is 0 Å². The molecule has 0 amide bonds. The van der Waals surface area contributed by atoms with E-state index >= 15 is 0 Å². The second kappa shape index (κ2) is 7.32. The van der Waals surface area contributed by atoms with Crippen LogP contribution in [-0.2, 0) is 21.2 Å². The first kappa shape index (κ1) is 19.4. The minimum atomic E-state index is -3.88. The van der Waals surface area contributed by atoms with E-state index in [2.05, 4.69) is 4.98 Å². The van der Waals surface area contributed by atoms with E-state index in [1.807, 2.05) is 13.0 Å². The maximum atomic E-state index is 13.5. The van der Waals surface area contributed by atoms with Crippen molar-refractivity contribution in [3.05, 3.63) is 58.4 Å². The number of aromatic nitrogens is 2. The molecule has 0 bridgehead atoms. The number of nitrogens with zero attached hydrogens (tertiary/aromatic N) is 2. The summed E-state index contributed by atoms with van der Waals surface area (Å²) in [5.41, 5.74) is 2.85. The van der Waals surface area contributed by atoms with Crippen molar-refractivity contribution in [1.29, 1.82) is 0 Å². The number of benzene rings is 1. The van der Waals surface area contributed by atoms with Gasteiger partial charge in [0.25, 0.3) is 10.0 Å². The van der Waals surface area contributed by atoms with Gasteiger partial charge in [-0.05, 0) is 62.1 Å². The number of aryl methyl sites for hydroxylation is 3. The third-order valence-electron chi connectivity index (χ3n) is 4.34. The molecule has 0 aliphatic heterocycles. The van der Waals surface area contributed by atoms with Crippen molar-refractivity contribution >= 4 is 38.6 Å². The van der Waals surface area contributed by atoms with Gasteiger partial charge in [0.1, 0.15) is 5.15 Å². The molecule has 0 aliphatic carbocycles. The lowest BCUT2D eigenvalue weighted by Crippen LogP contribution is -2.17. The number of hydrogen-bond donors (Lipinski definition) is 1. The van der Waals surface area contributed by atoms with E-state index in [1.165, 1.54) is 3.97 Å². The highest BCUT2D eigenvalue weighted by atomic mass is 35.5. The molecule has 6 nitrogen and oxygen atoms in total. The number of rotatable bonds is 6. The van der Waals surface area contributed by atoms with E-state index in [0.29, 0.717) is 35.1 Å². The fraction of sp³-hybridized carbons (Fsp3) is 0.263. The zero-order valence-corrected chi connectivity index (χ0v) is 16.5. The lowest BCUT2D eigenvalue weighted by atomic mass is 10.2. The Hall–Kier alpha value is -2.38. The van der Waals surface area contributed by atoms with Crippen LogP contribution in [0.3, 0.4) is 0 Å². The van der Waals surface area contributed by atoms with Crippen molar-refractivity contribution < 1.29 is 18.3 Å². The van der Waals surface area contributed by atoms with E-state index in [-0.39, 0.29) is 16.5 Å². The van der Waals surface area contributed by atoms with Crippen molar-refractivity contribution in [2.75, 3.05) is 0 Å². The van der Waals surface area contributed by atoms with Crippen LogP contribution in [-0.4, -0.2) is 28.5 Å². The molecule has 0 saturated carbocycles. The van der Waals surface area contributed by atoms with Gasteiger partial charge in [0.2, 0.25) is 0 Å². The van der Waals surface area contributed by atoms with E-state index in [9.17, 15) is 13.2 Å². The highest BCUT2D eigenvalue weighted by Crippen LogP contribution is 2.28. The number of hydrogen-bond acceptors (Lipinski definition) is 4. The number of fused-ring (bicyclic) bond motifs is 1. The minimum absolute atomic E-state index is 0.0424. The molecule has 0 unspecified atom stereocenters. The van der Waals surface area contributed by atoms with Crippen molar-refractivity contribution in [2.24, 2.45) is 0 Å². The van der Waals surface area contributed by atoms with Gasteiger partial charge in [-0.25, -0.2) is 17.4 Å². The Morgan fingerprint density at radius 2 is 1.93 bits per heavy atom. The van der Waals surface area contributed by atoms with Crippen molar-refractivity contribution in [3.63, 3.8) is 0 Å². The molecule has 0 spiro atoms. The normalized spacial score (nSPS) is 11.8. The van der Waals surface area contributed by atoms with E-state index in [0.717, 1.165) is 5.56 Å². The lowest BCUT2D eigenvalue weighted by molar-refractivity contribution is -0.137. The average molecular weight is 407 g/mol. The van der Waals surface area contributed by atoms with Gasteiger partial charge in [-0.1, -0.05) is 23.7 Å². The van der Waals surface area contributed by atoms with Gasteiger partial charge in [0.05, 0.1) is 15.9 Å². The Balaban J connectivity index is 2.21. The topological polar surface area (TPSA) is 89.3 Å². The highest BCUT2D eigenvalue weighted by Gasteiger charge is 2.25. The Morgan fingerprint density at radius 1 is 1.19 bits per heavy atom. The number of carbonyl (C=O) groups is 1. The molecule has 0 saturated heterocycles. The molecule has 0 radical (unpaired) electrons. The van der Waals surface area contributed by atoms with E-state index < -0.39 is 16.0 Å². The Kier molecular flexibility index (Phi) is 5.26. The quantitative estimate of drug-likeness (QED) is 0.626. The van der Waals surface area contributed by atoms with Gasteiger partial charge in [-0.2, -0.15) is 0 Å². The zero-order chi connectivity index (χ0) is 19.8. The zero-order valence-electron chi connectivity index (χ0n) is 14.9. The first-order chi connectivity index (χ1) is 12.7. The van der Waals surface area contributed by atoms with E-state index in [4.69, 9.17) is 16.7 Å². The lowest BCUT2D eigenvalue weighted by Gasteiger charge is -2.14. The summed E-state index contributed by atoms with van der Waals surface area (Å²) in [6, 6.07) is 10.1. The summed E-state index contributed by atoms with van der Waals surface area (Å²) in [4.78, 5) is 15.3. The molecule has 3 rings (SSSR count). The van der Waals surface area contributed by atoms with Crippen LogP contribution >= 0.6 is 11.6 Å². The van der Waals surface area contributed by atoms with Gasteiger partial charge < -0.3 is 5.11 Å². The van der Waals surface area contributed by atoms with Crippen LogP contribution in [0, 0.1) is 13.8 Å². The number of pyridine rings is 1. The van der Waals surface area contributed by atoms with E-state index in [1.54, 1.807) is 37.3 Å². The monoisotopic (exact) mass is 406 g/mol. The summed E-state index contributed by atoms with van der Waals surface area (Å²) in [7, 11) is -3.88. The highest BCUT2D eigenvalue weighted by molar-refractivity contribution is 7.90. The van der Waals surface area contributed by atoms with Crippen LogP contribution in [0.25, 0.3) is 11.0 Å². The van der Waals surface area contributed by atoms with Gasteiger partial charge in [0.15, 0.2) is 0 Å². The summed E-state index contributed by atoms with van der Waals surface area (Å²) < 4.78 is 28.2. The van der Waals surface area contributed by atoms with Crippen LogP contribution in [0.15, 0.2) is 41.3 Å². The van der Waals surface area contributed by atoms with Gasteiger partial charge in [-0.15, -0.1) is 0 Å². The fourth-order valence-electron chi connectivity index (χ4n) is 3.05. The molecule has 3 aromatic rings. The summed E-state index contributed by atoms with van der Waals surface area (Å²) in [5.74, 6) is -0.920. The molecule has 1 aromatic carbocycles. The molecule has 0 atom stereocenters. The summed E-state index contributed by atoms with van der Waals surface area (Å²) in [6.07, 6.45) is 0.575. The van der Waals surface area contributed by atoms with Gasteiger partial charge in [0, 0.05) is 12.1 Å². The molecule has 142 valence electrons. The standard InChI is InChI=1S/C19H19ClN2O4S/c1-12-6-7-13(2)17(10-12)27(25,26)22-14(4-3-5-19(23)24)11-15-16(22)8-9-18(20)21-15/h6-11H,3-5H2,1-2H3,(H,23,24). The molecule has 27 heavy (non-hydrogen) atoms. The van der Waals surface area contributed by atoms with Crippen LogP contribution in [0.2, 0.25) is 5.15 Å². The number of carboxylic acid groups (broad SMARTS) is 1. The summed E-state index contributed by atoms with van der Waals surface area (Å²) >= 11 is 5.96. The fourth-order valence-corrected chi connectivity index (χ4v) is 5.08. The smallest absolute Gasteiger partial charge is 0.303 e. The van der Waals surface area contributed by atoms with Crippen molar-refractivity contribution in [1.82, 2.24) is 8.96 Å². The van der Waals surface area contributed by atoms with Crippen LogP contribution < -0.4 is 0 Å². The maximum Gasteiger partial charge on any atom is 0.303 e. The summed E-state index contributed by atoms with van der Waals surface area (Å²) in [6.45, 7) is 3.58. The Bertz CT molecular complexity index is 1140. The summed E-state index contributed by atoms with van der Waals surface area (Å²) in [5, 5.41) is 9.15. The van der Waals surface area contributed by atoms with Gasteiger partial charge >= 0.3 is 5.97 Å². The SMILES string of the molecule is Cc1ccc(C)c(S(=O)(=O)n2c(CCCC(=O)O)cc3nc(Cl)ccc32)c1. The molecule has 0 aliphatic rings. The largest absolute Gasteiger partial charge is 0.481 e. The third kappa shape index (κ3) is 3.84. The Labute approximate surface area is 162 Å². The number of halogens is 1. The average Bonchev–Trinajstić information content (AvgIpc) is 2.94. The second-order valence-corrected chi connectivity index (χ2v) is 8.60. The molecular weight excluding hydrogens is 388 g/mol. The molecule has 0 fully saturated rings. The molecule has 1 N–H and O–H groups in total. The van der Waals surface area contributed by atoms with Gasteiger partial charge in [-0.3, -0.25) is 4.79 Å². The maximum absolute atomic E-state index is 13.5.